The van der Waals surface area contributed by atoms with Gasteiger partial charge in [0.15, 0.2) is 0 Å². The largest absolute Gasteiger partial charge is 0.395 e. The zero-order chi connectivity index (χ0) is 16.9. The van der Waals surface area contributed by atoms with Crippen molar-refractivity contribution < 1.29 is 9.84 Å². The second-order valence-corrected chi connectivity index (χ2v) is 6.38. The Morgan fingerprint density at radius 1 is 1.26 bits per heavy atom. The summed E-state index contributed by atoms with van der Waals surface area (Å²) in [5, 5.41) is 18.6. The zero-order valence-electron chi connectivity index (χ0n) is 14.3. The number of unbranched alkanes of at least 4 members (excludes halogenated alkanes) is 1. The Morgan fingerprint density at radius 3 is 2.52 bits per heavy atom. The van der Waals surface area contributed by atoms with E-state index in [9.17, 15) is 10.4 Å². The van der Waals surface area contributed by atoms with Gasteiger partial charge in [0.25, 0.3) is 0 Å². The van der Waals surface area contributed by atoms with Crippen molar-refractivity contribution in [2.45, 2.75) is 39.2 Å². The average molecular weight is 314 g/mol. The number of anilines is 1. The third kappa shape index (κ3) is 3.93. The van der Waals surface area contributed by atoms with Gasteiger partial charge in [-0.3, -0.25) is 0 Å². The molecule has 0 bridgehead atoms. The van der Waals surface area contributed by atoms with E-state index in [1.54, 1.807) is 0 Å². The number of aliphatic hydroxyl groups is 1. The molecule has 0 radical (unpaired) electrons. The SMILES string of the molecule is CCCCN(CCO)c1ccc(C2=C(C#N)COC2(C)C)cc1. The Morgan fingerprint density at radius 2 is 1.96 bits per heavy atom. The zero-order valence-corrected chi connectivity index (χ0v) is 14.3. The molecule has 0 spiro atoms. The lowest BCUT2D eigenvalue weighted by molar-refractivity contribution is 0.0623. The van der Waals surface area contributed by atoms with Crippen LogP contribution in [0.15, 0.2) is 29.8 Å². The minimum atomic E-state index is -0.431. The Kier molecular flexibility index (Phi) is 5.81. The maximum Gasteiger partial charge on any atom is 0.0976 e. The summed E-state index contributed by atoms with van der Waals surface area (Å²) in [4.78, 5) is 2.20. The predicted octanol–water partition coefficient (Wildman–Crippen LogP) is 3.37. The lowest BCUT2D eigenvalue weighted by Gasteiger charge is -2.25. The molecule has 0 atom stereocenters. The molecule has 1 aromatic rings. The lowest BCUT2D eigenvalue weighted by atomic mass is 9.89. The fourth-order valence-electron chi connectivity index (χ4n) is 3.05. The molecule has 0 saturated carbocycles. The van der Waals surface area contributed by atoms with Crippen LogP contribution in [0, 0.1) is 11.3 Å². The average Bonchev–Trinajstić information content (AvgIpc) is 2.86. The van der Waals surface area contributed by atoms with Gasteiger partial charge in [-0.1, -0.05) is 25.5 Å². The van der Waals surface area contributed by atoms with Crippen molar-refractivity contribution in [3.63, 3.8) is 0 Å². The van der Waals surface area contributed by atoms with Gasteiger partial charge in [-0.15, -0.1) is 0 Å². The fourth-order valence-corrected chi connectivity index (χ4v) is 3.05. The third-order valence-electron chi connectivity index (χ3n) is 4.29. The van der Waals surface area contributed by atoms with Gasteiger partial charge >= 0.3 is 0 Å². The highest BCUT2D eigenvalue weighted by Gasteiger charge is 2.34. The normalized spacial score (nSPS) is 16.5. The highest BCUT2D eigenvalue weighted by atomic mass is 16.5. The van der Waals surface area contributed by atoms with Crippen LogP contribution in [0.5, 0.6) is 0 Å². The molecular formula is C19H26N2O2. The maximum absolute atomic E-state index is 9.32. The van der Waals surface area contributed by atoms with Crippen LogP contribution >= 0.6 is 0 Å². The van der Waals surface area contributed by atoms with Crippen molar-refractivity contribution in [1.82, 2.24) is 0 Å². The monoisotopic (exact) mass is 314 g/mol. The molecule has 2 rings (SSSR count). The molecule has 23 heavy (non-hydrogen) atoms. The molecule has 0 saturated heterocycles. The van der Waals surface area contributed by atoms with Crippen LogP contribution in [-0.2, 0) is 4.74 Å². The van der Waals surface area contributed by atoms with Gasteiger partial charge in [-0.25, -0.2) is 0 Å². The number of nitriles is 1. The van der Waals surface area contributed by atoms with Gasteiger partial charge < -0.3 is 14.7 Å². The summed E-state index contributed by atoms with van der Waals surface area (Å²) in [5.41, 5.74) is 3.40. The van der Waals surface area contributed by atoms with Crippen LogP contribution < -0.4 is 4.90 Å². The lowest BCUT2D eigenvalue weighted by Crippen LogP contribution is -2.27. The van der Waals surface area contributed by atoms with E-state index in [-0.39, 0.29) is 6.61 Å². The Hall–Kier alpha value is -1.83. The number of hydrogen-bond donors (Lipinski definition) is 1. The quantitative estimate of drug-likeness (QED) is 0.838. The van der Waals surface area contributed by atoms with E-state index in [0.717, 1.165) is 36.2 Å². The molecule has 0 aliphatic carbocycles. The summed E-state index contributed by atoms with van der Waals surface area (Å²) >= 11 is 0. The molecule has 0 unspecified atom stereocenters. The minimum Gasteiger partial charge on any atom is -0.395 e. The first-order valence-corrected chi connectivity index (χ1v) is 8.27. The topological polar surface area (TPSA) is 56.5 Å². The molecule has 1 aromatic carbocycles. The number of nitrogens with zero attached hydrogens (tertiary/aromatic N) is 2. The van der Waals surface area contributed by atoms with E-state index < -0.39 is 5.60 Å². The van der Waals surface area contributed by atoms with E-state index in [1.165, 1.54) is 0 Å². The molecule has 1 aliphatic heterocycles. The number of hydrogen-bond acceptors (Lipinski definition) is 4. The third-order valence-corrected chi connectivity index (χ3v) is 4.29. The molecular weight excluding hydrogens is 288 g/mol. The standard InChI is InChI=1S/C19H26N2O2/c1-4-5-10-21(11-12-22)17-8-6-15(7-9-17)18-16(13-20)14-23-19(18,2)3/h6-9,22H,4-5,10-12,14H2,1-3H3. The number of benzene rings is 1. The minimum absolute atomic E-state index is 0.149. The first kappa shape index (κ1) is 17.5. The van der Waals surface area contributed by atoms with Gasteiger partial charge in [-0.2, -0.15) is 5.26 Å². The number of aliphatic hydroxyl groups excluding tert-OH is 1. The fraction of sp³-hybridized carbons (Fsp3) is 0.526. The van der Waals surface area contributed by atoms with Gasteiger partial charge in [0.1, 0.15) is 0 Å². The van der Waals surface area contributed by atoms with Crippen LogP contribution in [0.4, 0.5) is 5.69 Å². The smallest absolute Gasteiger partial charge is 0.0976 e. The summed E-state index contributed by atoms with van der Waals surface area (Å²) in [7, 11) is 0. The molecule has 1 aliphatic rings. The highest BCUT2D eigenvalue weighted by Crippen LogP contribution is 2.38. The molecule has 0 fully saturated rings. The van der Waals surface area contributed by atoms with Crippen LogP contribution in [0.1, 0.15) is 39.2 Å². The van der Waals surface area contributed by atoms with E-state index in [1.807, 2.05) is 13.8 Å². The van der Waals surface area contributed by atoms with E-state index >= 15 is 0 Å². The van der Waals surface area contributed by atoms with Crippen molar-refractivity contribution in [2.24, 2.45) is 0 Å². The molecule has 124 valence electrons. The summed E-state index contributed by atoms with van der Waals surface area (Å²) in [6.07, 6.45) is 2.23. The number of ether oxygens (including phenoxy) is 1. The Labute approximate surface area is 139 Å². The molecule has 0 amide bonds. The Balaban J connectivity index is 2.26. The summed E-state index contributed by atoms with van der Waals surface area (Å²) < 4.78 is 5.74. The highest BCUT2D eigenvalue weighted by molar-refractivity contribution is 5.79. The summed E-state index contributed by atoms with van der Waals surface area (Å²) in [6.45, 7) is 8.28. The Bertz CT molecular complexity index is 597. The van der Waals surface area contributed by atoms with E-state index in [4.69, 9.17) is 4.74 Å². The van der Waals surface area contributed by atoms with Crippen LogP contribution in [-0.4, -0.2) is 37.0 Å². The van der Waals surface area contributed by atoms with Crippen molar-refractivity contribution in [3.8, 4) is 6.07 Å². The van der Waals surface area contributed by atoms with Gasteiger partial charge in [0.05, 0.1) is 30.5 Å². The predicted molar refractivity (Wildman–Crippen MR) is 93.2 cm³/mol. The van der Waals surface area contributed by atoms with E-state index in [2.05, 4.69) is 42.2 Å². The van der Waals surface area contributed by atoms with Gasteiger partial charge in [0.2, 0.25) is 0 Å². The van der Waals surface area contributed by atoms with Gasteiger partial charge in [0, 0.05) is 24.4 Å². The second-order valence-electron chi connectivity index (χ2n) is 6.38. The molecule has 4 heteroatoms. The molecule has 1 heterocycles. The molecule has 0 aromatic heterocycles. The second kappa shape index (κ2) is 7.63. The molecule has 4 nitrogen and oxygen atoms in total. The van der Waals surface area contributed by atoms with Gasteiger partial charge in [-0.05, 0) is 38.0 Å². The van der Waals surface area contributed by atoms with Crippen molar-refractivity contribution in [3.05, 3.63) is 35.4 Å². The van der Waals surface area contributed by atoms with Crippen molar-refractivity contribution in [1.29, 1.82) is 5.26 Å². The first-order valence-electron chi connectivity index (χ1n) is 8.27. The van der Waals surface area contributed by atoms with E-state index in [0.29, 0.717) is 18.7 Å². The first-order chi connectivity index (χ1) is 11.0. The van der Waals surface area contributed by atoms with Crippen LogP contribution in [0.25, 0.3) is 5.57 Å². The van der Waals surface area contributed by atoms with Crippen molar-refractivity contribution in [2.75, 3.05) is 31.2 Å². The van der Waals surface area contributed by atoms with Crippen LogP contribution in [0.3, 0.4) is 0 Å². The summed E-state index contributed by atoms with van der Waals surface area (Å²) in [5.74, 6) is 0. The van der Waals surface area contributed by atoms with Crippen molar-refractivity contribution >= 4 is 11.3 Å². The summed E-state index contributed by atoms with van der Waals surface area (Å²) in [6, 6.07) is 10.5. The number of rotatable bonds is 7. The molecule has 1 N–H and O–H groups in total. The maximum atomic E-state index is 9.32. The van der Waals surface area contributed by atoms with Crippen LogP contribution in [0.2, 0.25) is 0 Å².